The van der Waals surface area contributed by atoms with E-state index in [9.17, 15) is 26.3 Å². The molecule has 1 aliphatic heterocycles. The molecule has 0 bridgehead atoms. The van der Waals surface area contributed by atoms with Gasteiger partial charge in [0.2, 0.25) is 17.8 Å². The van der Waals surface area contributed by atoms with Gasteiger partial charge in [0.05, 0.1) is 20.0 Å². The number of hydrogen-bond acceptors (Lipinski definition) is 3. The first kappa shape index (κ1) is 19.8. The molecule has 0 amide bonds. The van der Waals surface area contributed by atoms with Crippen LogP contribution in [0.5, 0.6) is 0 Å². The molecule has 4 rings (SSSR count). The van der Waals surface area contributed by atoms with E-state index in [1.807, 2.05) is 14.7 Å². The second-order valence-corrected chi connectivity index (χ2v) is 8.95. The summed E-state index contributed by atoms with van der Waals surface area (Å²) >= 11 is 0. The Hall–Kier alpha value is -0.540. The molecule has 0 aromatic heterocycles. The van der Waals surface area contributed by atoms with Crippen LogP contribution in [0, 0.1) is 0 Å². The summed E-state index contributed by atoms with van der Waals surface area (Å²) in [4.78, 5) is 5.70. The van der Waals surface area contributed by atoms with Crippen LogP contribution in [0.4, 0.5) is 26.3 Å². The fourth-order valence-corrected chi connectivity index (χ4v) is 5.24. The molecule has 156 valence electrons. The molecule has 0 radical (unpaired) electrons. The van der Waals surface area contributed by atoms with E-state index in [-0.39, 0.29) is 56.7 Å². The second kappa shape index (κ2) is 6.76. The van der Waals surface area contributed by atoms with Gasteiger partial charge in [0.25, 0.3) is 0 Å². The summed E-state index contributed by atoms with van der Waals surface area (Å²) in [6.07, 6.45) is -0.155. The zero-order valence-electron chi connectivity index (χ0n) is 15.3. The molecule has 0 aromatic rings. The predicted molar refractivity (Wildman–Crippen MR) is 87.9 cm³/mol. The van der Waals surface area contributed by atoms with E-state index in [4.69, 9.17) is 0 Å². The van der Waals surface area contributed by atoms with Crippen molar-refractivity contribution < 1.29 is 26.3 Å². The maximum atomic E-state index is 13.7. The molecule has 9 heteroatoms. The van der Waals surface area contributed by atoms with Crippen molar-refractivity contribution in [1.82, 2.24) is 14.7 Å². The average molecular weight is 399 g/mol. The van der Waals surface area contributed by atoms with Crippen LogP contribution in [0.2, 0.25) is 0 Å². The minimum atomic E-state index is -2.70. The molecule has 0 unspecified atom stereocenters. The van der Waals surface area contributed by atoms with Crippen molar-refractivity contribution >= 4 is 0 Å². The molecule has 4 aliphatic rings. The Bertz CT molecular complexity index is 475. The first-order chi connectivity index (χ1) is 12.5. The lowest BCUT2D eigenvalue weighted by atomic mass is 10.1. The van der Waals surface area contributed by atoms with Crippen LogP contribution in [0.1, 0.15) is 57.8 Å². The molecule has 0 N–H and O–H groups in total. The van der Waals surface area contributed by atoms with Crippen LogP contribution >= 0.6 is 0 Å². The van der Waals surface area contributed by atoms with Crippen LogP contribution in [0.3, 0.4) is 0 Å². The molecule has 0 aromatic carbocycles. The quantitative estimate of drug-likeness (QED) is 0.654. The molecular weight excluding hydrogens is 372 g/mol. The Morgan fingerprint density at radius 3 is 0.926 bits per heavy atom. The van der Waals surface area contributed by atoms with Gasteiger partial charge in [0, 0.05) is 56.7 Å². The van der Waals surface area contributed by atoms with Crippen molar-refractivity contribution in [3.05, 3.63) is 0 Å². The van der Waals surface area contributed by atoms with Crippen molar-refractivity contribution in [2.45, 2.75) is 93.7 Å². The van der Waals surface area contributed by atoms with Gasteiger partial charge in [-0.15, -0.1) is 0 Å². The number of rotatable bonds is 3. The lowest BCUT2D eigenvalue weighted by Crippen LogP contribution is -2.61. The highest BCUT2D eigenvalue weighted by Gasteiger charge is 2.49. The highest BCUT2D eigenvalue weighted by atomic mass is 19.3. The van der Waals surface area contributed by atoms with Gasteiger partial charge in [0.1, 0.15) is 0 Å². The van der Waals surface area contributed by atoms with E-state index in [1.165, 1.54) is 0 Å². The summed E-state index contributed by atoms with van der Waals surface area (Å²) in [5.41, 5.74) is 0. The second-order valence-electron chi connectivity index (χ2n) is 8.95. The van der Waals surface area contributed by atoms with E-state index >= 15 is 0 Å². The maximum Gasteiger partial charge on any atom is 0.249 e. The average Bonchev–Trinajstić information content (AvgIpc) is 3.23. The highest BCUT2D eigenvalue weighted by molar-refractivity contribution is 4.95. The molecule has 4 fully saturated rings. The lowest BCUT2D eigenvalue weighted by molar-refractivity contribution is -0.0979. The Balaban J connectivity index is 1.48. The summed E-state index contributed by atoms with van der Waals surface area (Å²) < 4.78 is 82.2. The standard InChI is InChI=1S/C18H27F6N3/c19-16(20)4-1-13(7-16)25-10-26(14-2-5-17(21,22)8-14)12-27(11-25)15-3-6-18(23,24)9-15/h13-15H,1-12H2/t13-,14-,15-/m1/s1. The fraction of sp³-hybridized carbons (Fsp3) is 1.00. The summed E-state index contributed by atoms with van der Waals surface area (Å²) in [6.45, 7) is 1.09. The van der Waals surface area contributed by atoms with E-state index in [1.54, 1.807) is 0 Å². The zero-order valence-corrected chi connectivity index (χ0v) is 15.3. The molecule has 3 nitrogen and oxygen atoms in total. The van der Waals surface area contributed by atoms with Gasteiger partial charge in [-0.25, -0.2) is 26.3 Å². The maximum absolute atomic E-state index is 13.7. The minimum absolute atomic E-state index is 0.169. The first-order valence-electron chi connectivity index (χ1n) is 9.88. The third-order valence-electron chi connectivity index (χ3n) is 6.77. The van der Waals surface area contributed by atoms with E-state index in [0.29, 0.717) is 39.3 Å². The van der Waals surface area contributed by atoms with Crippen molar-refractivity contribution in [2.24, 2.45) is 0 Å². The third kappa shape index (κ3) is 4.40. The Labute approximate surface area is 155 Å². The minimum Gasteiger partial charge on any atom is -0.274 e. The highest BCUT2D eigenvalue weighted by Crippen LogP contribution is 2.43. The predicted octanol–water partition coefficient (Wildman–Crippen LogP) is 4.34. The smallest absolute Gasteiger partial charge is 0.249 e. The number of hydrogen-bond donors (Lipinski definition) is 0. The van der Waals surface area contributed by atoms with Gasteiger partial charge in [-0.1, -0.05) is 0 Å². The van der Waals surface area contributed by atoms with Crippen LogP contribution < -0.4 is 0 Å². The SMILES string of the molecule is FC1(F)CC[C@@H](N2CN([C@@H]3CCC(F)(F)C3)CN([C@@H]3CCC(F)(F)C3)C2)C1. The van der Waals surface area contributed by atoms with Crippen LogP contribution in [-0.4, -0.2) is 70.6 Å². The van der Waals surface area contributed by atoms with Crippen molar-refractivity contribution in [1.29, 1.82) is 0 Å². The van der Waals surface area contributed by atoms with Gasteiger partial charge in [0.15, 0.2) is 0 Å². The van der Waals surface area contributed by atoms with Crippen molar-refractivity contribution in [2.75, 3.05) is 20.0 Å². The largest absolute Gasteiger partial charge is 0.274 e. The molecule has 3 atom stereocenters. The van der Waals surface area contributed by atoms with E-state index < -0.39 is 17.8 Å². The first-order valence-corrected chi connectivity index (χ1v) is 9.88. The van der Waals surface area contributed by atoms with E-state index in [2.05, 4.69) is 0 Å². The molecule has 0 spiro atoms. The van der Waals surface area contributed by atoms with Gasteiger partial charge in [-0.3, -0.25) is 14.7 Å². The van der Waals surface area contributed by atoms with Gasteiger partial charge in [-0.05, 0) is 19.3 Å². The Morgan fingerprint density at radius 1 is 0.481 bits per heavy atom. The monoisotopic (exact) mass is 399 g/mol. The van der Waals surface area contributed by atoms with Gasteiger partial charge in [-0.2, -0.15) is 0 Å². The summed E-state index contributed by atoms with van der Waals surface area (Å²) in [5.74, 6) is -8.09. The molecular formula is C18H27F6N3. The zero-order chi connectivity index (χ0) is 19.4. The molecule has 27 heavy (non-hydrogen) atoms. The normalized spacial score (nSPS) is 40.0. The molecule has 1 saturated heterocycles. The van der Waals surface area contributed by atoms with Crippen LogP contribution in [0.25, 0.3) is 0 Å². The Morgan fingerprint density at radius 2 is 0.741 bits per heavy atom. The van der Waals surface area contributed by atoms with Crippen molar-refractivity contribution in [3.63, 3.8) is 0 Å². The fourth-order valence-electron chi connectivity index (χ4n) is 5.24. The third-order valence-corrected chi connectivity index (χ3v) is 6.77. The molecule has 3 aliphatic carbocycles. The number of alkyl halides is 6. The summed E-state index contributed by atoms with van der Waals surface area (Å²) in [7, 11) is 0. The Kier molecular flexibility index (Phi) is 4.95. The van der Waals surface area contributed by atoms with Gasteiger partial charge >= 0.3 is 0 Å². The lowest BCUT2D eigenvalue weighted by Gasteiger charge is -2.48. The summed E-state index contributed by atoms with van der Waals surface area (Å²) in [5, 5.41) is 0. The van der Waals surface area contributed by atoms with Gasteiger partial charge < -0.3 is 0 Å². The topological polar surface area (TPSA) is 9.72 Å². The number of nitrogens with zero attached hydrogens (tertiary/aromatic N) is 3. The van der Waals surface area contributed by atoms with Crippen LogP contribution in [-0.2, 0) is 0 Å². The molecule has 3 saturated carbocycles. The molecule has 1 heterocycles. The van der Waals surface area contributed by atoms with Crippen LogP contribution in [0.15, 0.2) is 0 Å². The van der Waals surface area contributed by atoms with E-state index in [0.717, 1.165) is 0 Å². The summed E-state index contributed by atoms with van der Waals surface area (Å²) in [6, 6.07) is -0.975. The van der Waals surface area contributed by atoms with Crippen molar-refractivity contribution in [3.8, 4) is 0 Å². The number of halogens is 6.